The maximum absolute atomic E-state index is 12.9. The minimum Gasteiger partial charge on any atom is -0.493 e. The van der Waals surface area contributed by atoms with Gasteiger partial charge in [-0.3, -0.25) is 9.59 Å². The first kappa shape index (κ1) is 24.0. The van der Waals surface area contributed by atoms with Gasteiger partial charge in [0, 0.05) is 32.9 Å². The maximum Gasteiger partial charge on any atom is 0.227 e. The molecule has 2 heterocycles. The number of hydrogen-bond acceptors (Lipinski definition) is 7. The summed E-state index contributed by atoms with van der Waals surface area (Å²) in [5.74, 6) is 2.29. The third kappa shape index (κ3) is 5.18. The number of nitrogens with zero attached hydrogens (tertiary/aromatic N) is 3. The molecule has 0 unspecified atom stereocenters. The van der Waals surface area contributed by atoms with Gasteiger partial charge in [-0.25, -0.2) is 0 Å². The van der Waals surface area contributed by atoms with Crippen LogP contribution in [0.25, 0.3) is 0 Å². The van der Waals surface area contributed by atoms with Crippen molar-refractivity contribution in [2.75, 3.05) is 20.8 Å². The first-order valence-corrected chi connectivity index (χ1v) is 12.1. The Morgan fingerprint density at radius 3 is 2.41 bits per heavy atom. The number of carbonyl (C=O) groups excluding carboxylic acids is 2. The zero-order chi connectivity index (χ0) is 24.1. The molecule has 1 aromatic carbocycles. The monoisotopic (exact) mass is 470 g/mol. The Morgan fingerprint density at radius 1 is 1.09 bits per heavy atom. The first-order chi connectivity index (χ1) is 16.4. The standard InChI is InChI=1S/C25H34N4O5/c1-17(30)27-25(11-6-4-5-7-12-25)24-26-22(34-28-24)8-9-23(31)29-13-10-18-14-20(32-2)21(33-3)15-19(18)16-29/h14-15H,4-13,16H2,1-3H3,(H,27,30). The van der Waals surface area contributed by atoms with Crippen LogP contribution in [0, 0.1) is 0 Å². The highest BCUT2D eigenvalue weighted by Gasteiger charge is 2.38. The van der Waals surface area contributed by atoms with Crippen LogP contribution in [-0.4, -0.2) is 47.6 Å². The zero-order valence-electron chi connectivity index (χ0n) is 20.3. The average Bonchev–Trinajstić information content (AvgIpc) is 3.20. The molecule has 0 radical (unpaired) electrons. The number of carbonyl (C=O) groups is 2. The van der Waals surface area contributed by atoms with E-state index in [1.54, 1.807) is 14.2 Å². The highest BCUT2D eigenvalue weighted by Crippen LogP contribution is 2.35. The van der Waals surface area contributed by atoms with Crippen molar-refractivity contribution in [3.8, 4) is 11.5 Å². The summed E-state index contributed by atoms with van der Waals surface area (Å²) in [5, 5.41) is 7.30. The van der Waals surface area contributed by atoms with E-state index in [9.17, 15) is 9.59 Å². The van der Waals surface area contributed by atoms with Crippen molar-refractivity contribution in [1.82, 2.24) is 20.4 Å². The van der Waals surface area contributed by atoms with Crippen molar-refractivity contribution >= 4 is 11.8 Å². The van der Waals surface area contributed by atoms with Crippen molar-refractivity contribution in [3.63, 3.8) is 0 Å². The number of rotatable bonds is 7. The van der Waals surface area contributed by atoms with E-state index in [1.165, 1.54) is 12.5 Å². The second-order valence-electron chi connectivity index (χ2n) is 9.23. The Balaban J connectivity index is 1.40. The van der Waals surface area contributed by atoms with E-state index in [-0.39, 0.29) is 18.2 Å². The van der Waals surface area contributed by atoms with Crippen molar-refractivity contribution in [2.24, 2.45) is 0 Å². The van der Waals surface area contributed by atoms with Gasteiger partial charge in [-0.2, -0.15) is 4.98 Å². The summed E-state index contributed by atoms with van der Waals surface area (Å²) in [6.45, 7) is 2.71. The molecule has 2 aromatic rings. The van der Waals surface area contributed by atoms with E-state index in [1.807, 2.05) is 17.0 Å². The molecule has 1 N–H and O–H groups in total. The van der Waals surface area contributed by atoms with Crippen molar-refractivity contribution < 1.29 is 23.6 Å². The molecule has 9 nitrogen and oxygen atoms in total. The van der Waals surface area contributed by atoms with Crippen molar-refractivity contribution in [2.45, 2.75) is 76.8 Å². The molecule has 0 spiro atoms. The van der Waals surface area contributed by atoms with Gasteiger partial charge in [0.2, 0.25) is 17.7 Å². The number of fused-ring (bicyclic) bond motifs is 1. The molecular formula is C25H34N4O5. The second-order valence-corrected chi connectivity index (χ2v) is 9.23. The van der Waals surface area contributed by atoms with Crippen LogP contribution in [0.5, 0.6) is 11.5 Å². The van der Waals surface area contributed by atoms with Gasteiger partial charge in [0.05, 0.1) is 14.2 Å². The molecule has 0 saturated heterocycles. The quantitative estimate of drug-likeness (QED) is 0.619. The lowest BCUT2D eigenvalue weighted by molar-refractivity contribution is -0.132. The molecule has 184 valence electrons. The summed E-state index contributed by atoms with van der Waals surface area (Å²) < 4.78 is 16.3. The molecule has 0 bridgehead atoms. The van der Waals surface area contributed by atoms with Crippen molar-refractivity contribution in [1.29, 1.82) is 0 Å². The molecule has 1 fully saturated rings. The van der Waals surface area contributed by atoms with Gasteiger partial charge in [0.15, 0.2) is 17.3 Å². The summed E-state index contributed by atoms with van der Waals surface area (Å²) in [4.78, 5) is 31.3. The lowest BCUT2D eigenvalue weighted by Gasteiger charge is -2.30. The molecule has 1 saturated carbocycles. The van der Waals surface area contributed by atoms with Crippen LogP contribution >= 0.6 is 0 Å². The number of methoxy groups -OCH3 is 2. The van der Waals surface area contributed by atoms with Crippen molar-refractivity contribution in [3.05, 3.63) is 35.0 Å². The minimum atomic E-state index is -0.579. The largest absolute Gasteiger partial charge is 0.493 e. The summed E-state index contributed by atoms with van der Waals surface area (Å²) in [6, 6.07) is 3.94. The smallest absolute Gasteiger partial charge is 0.227 e. The second kappa shape index (κ2) is 10.4. The van der Waals surface area contributed by atoms with Crippen LogP contribution in [0.3, 0.4) is 0 Å². The lowest BCUT2D eigenvalue weighted by atomic mass is 9.89. The highest BCUT2D eigenvalue weighted by atomic mass is 16.5. The number of benzene rings is 1. The number of nitrogens with one attached hydrogen (secondary N) is 1. The summed E-state index contributed by atoms with van der Waals surface area (Å²) in [7, 11) is 3.24. The van der Waals surface area contributed by atoms with Crippen LogP contribution in [0.15, 0.2) is 16.7 Å². The van der Waals surface area contributed by atoms with Crippen LogP contribution in [0.1, 0.15) is 74.7 Å². The minimum absolute atomic E-state index is 0.0474. The summed E-state index contributed by atoms with van der Waals surface area (Å²) in [5.41, 5.74) is 1.67. The molecule has 9 heteroatoms. The van der Waals surface area contributed by atoms with Crippen LogP contribution in [0.4, 0.5) is 0 Å². The number of aryl methyl sites for hydroxylation is 1. The third-order valence-corrected chi connectivity index (χ3v) is 6.89. The molecule has 34 heavy (non-hydrogen) atoms. The van der Waals surface area contributed by atoms with E-state index >= 15 is 0 Å². The molecule has 4 rings (SSSR count). The fraction of sp³-hybridized carbons (Fsp3) is 0.600. The van der Waals surface area contributed by atoms with E-state index in [4.69, 9.17) is 14.0 Å². The van der Waals surface area contributed by atoms with Crippen LogP contribution in [0.2, 0.25) is 0 Å². The molecule has 1 aromatic heterocycles. The number of ether oxygens (including phenoxy) is 2. The zero-order valence-corrected chi connectivity index (χ0v) is 20.3. The van der Waals surface area contributed by atoms with Crippen LogP contribution < -0.4 is 14.8 Å². The van der Waals surface area contributed by atoms with Gasteiger partial charge in [0.1, 0.15) is 5.54 Å². The molecule has 2 amide bonds. The third-order valence-electron chi connectivity index (χ3n) is 6.89. The molecule has 2 aliphatic rings. The topological polar surface area (TPSA) is 107 Å². The van der Waals surface area contributed by atoms with Gasteiger partial charge in [-0.15, -0.1) is 0 Å². The maximum atomic E-state index is 12.9. The first-order valence-electron chi connectivity index (χ1n) is 12.1. The van der Waals surface area contributed by atoms with Gasteiger partial charge >= 0.3 is 0 Å². The average molecular weight is 471 g/mol. The van der Waals surface area contributed by atoms with E-state index < -0.39 is 5.54 Å². The summed E-state index contributed by atoms with van der Waals surface area (Å²) >= 11 is 0. The Morgan fingerprint density at radius 2 is 1.76 bits per heavy atom. The van der Waals surface area contributed by atoms with E-state index in [2.05, 4.69) is 15.5 Å². The Hall–Kier alpha value is -3.10. The predicted molar refractivity (Wildman–Crippen MR) is 124 cm³/mol. The fourth-order valence-corrected chi connectivity index (χ4v) is 5.09. The Bertz CT molecular complexity index is 1030. The summed E-state index contributed by atoms with van der Waals surface area (Å²) in [6.07, 6.45) is 7.32. The molecule has 1 aliphatic carbocycles. The van der Waals surface area contributed by atoms with Crippen LogP contribution in [-0.2, 0) is 34.5 Å². The molecule has 1 aliphatic heterocycles. The Kier molecular flexibility index (Phi) is 7.38. The van der Waals surface area contributed by atoms with E-state index in [0.717, 1.165) is 50.5 Å². The lowest BCUT2D eigenvalue weighted by Crippen LogP contribution is -2.45. The normalized spacial score (nSPS) is 17.4. The van der Waals surface area contributed by atoms with Gasteiger partial charge in [-0.05, 0) is 42.5 Å². The number of hydrogen-bond donors (Lipinski definition) is 1. The van der Waals surface area contributed by atoms with Gasteiger partial charge in [0.25, 0.3) is 0 Å². The van der Waals surface area contributed by atoms with E-state index in [0.29, 0.717) is 42.7 Å². The predicted octanol–water partition coefficient (Wildman–Crippen LogP) is 3.29. The highest BCUT2D eigenvalue weighted by molar-refractivity contribution is 5.77. The SMILES string of the molecule is COc1cc2c(cc1OC)CN(C(=O)CCc1nc(C3(NC(C)=O)CCCCCC3)no1)CC2. The molecular weight excluding hydrogens is 436 g/mol. The van der Waals surface area contributed by atoms with Gasteiger partial charge < -0.3 is 24.2 Å². The van der Waals surface area contributed by atoms with Gasteiger partial charge in [-0.1, -0.05) is 30.8 Å². The number of amides is 2. The fourth-order valence-electron chi connectivity index (χ4n) is 5.09. The Labute approximate surface area is 200 Å². The molecule has 0 atom stereocenters. The number of aromatic nitrogens is 2.